The lowest BCUT2D eigenvalue weighted by Crippen LogP contribution is -2.30. The van der Waals surface area contributed by atoms with Gasteiger partial charge in [-0.2, -0.15) is 0 Å². The molecule has 0 aromatic heterocycles. The maximum Gasteiger partial charge on any atom is 0.302 e. The van der Waals surface area contributed by atoms with E-state index >= 15 is 0 Å². The molecular weight excluding hydrogens is 248 g/mol. The molecule has 2 saturated carbocycles. The lowest BCUT2D eigenvalue weighted by molar-refractivity contribution is -0.141. The summed E-state index contributed by atoms with van der Waals surface area (Å²) in [7, 11) is 0. The first kappa shape index (κ1) is 15.9. The zero-order valence-corrected chi connectivity index (χ0v) is 13.7. The van der Waals surface area contributed by atoms with Gasteiger partial charge in [0.25, 0.3) is 0 Å². The van der Waals surface area contributed by atoms with Gasteiger partial charge < -0.3 is 4.74 Å². The summed E-state index contributed by atoms with van der Waals surface area (Å²) in [6.45, 7) is 9.32. The largest absolute Gasteiger partial charge is 0.466 e. The van der Waals surface area contributed by atoms with E-state index in [9.17, 15) is 4.79 Å². The van der Waals surface area contributed by atoms with E-state index in [0.29, 0.717) is 6.61 Å². The monoisotopic (exact) mass is 280 g/mol. The molecule has 0 radical (unpaired) electrons. The number of hydrogen-bond acceptors (Lipinski definition) is 2. The third-order valence-corrected chi connectivity index (χ3v) is 5.82. The van der Waals surface area contributed by atoms with Gasteiger partial charge in [-0.3, -0.25) is 4.79 Å². The number of fused-ring (bicyclic) bond motifs is 2. The molecule has 2 fully saturated rings. The highest BCUT2D eigenvalue weighted by Gasteiger charge is 2.44. The predicted molar refractivity (Wildman–Crippen MR) is 82.3 cm³/mol. The molecule has 0 spiro atoms. The van der Waals surface area contributed by atoms with Crippen LogP contribution < -0.4 is 0 Å². The van der Waals surface area contributed by atoms with E-state index < -0.39 is 0 Å². The average Bonchev–Trinajstić information content (AvgIpc) is 2.96. The van der Waals surface area contributed by atoms with Crippen LogP contribution in [-0.4, -0.2) is 12.6 Å². The Hall–Kier alpha value is -0.530. The SMILES string of the molecule is CC(=O)OCCCC(C)C(C(C)C)C1CC2CCC1C2. The molecule has 2 bridgehead atoms. The van der Waals surface area contributed by atoms with Crippen LogP contribution in [0.4, 0.5) is 0 Å². The van der Waals surface area contributed by atoms with Crippen molar-refractivity contribution in [1.29, 1.82) is 0 Å². The molecule has 0 aromatic rings. The number of rotatable bonds is 7. The normalized spacial score (nSPS) is 31.6. The van der Waals surface area contributed by atoms with Crippen LogP contribution in [0, 0.1) is 35.5 Å². The van der Waals surface area contributed by atoms with E-state index in [4.69, 9.17) is 4.74 Å². The van der Waals surface area contributed by atoms with Gasteiger partial charge in [0.05, 0.1) is 6.61 Å². The van der Waals surface area contributed by atoms with Crippen LogP contribution in [0.25, 0.3) is 0 Å². The fraction of sp³-hybridized carbons (Fsp3) is 0.944. The second-order valence-electron chi connectivity index (χ2n) is 7.62. The quantitative estimate of drug-likeness (QED) is 0.500. The molecule has 2 aliphatic rings. The number of esters is 1. The minimum absolute atomic E-state index is 0.147. The van der Waals surface area contributed by atoms with Crippen LogP contribution in [0.2, 0.25) is 0 Å². The molecule has 5 unspecified atom stereocenters. The first-order chi connectivity index (χ1) is 9.49. The Kier molecular flexibility index (Phi) is 5.51. The van der Waals surface area contributed by atoms with Gasteiger partial charge in [-0.05, 0) is 67.6 Å². The molecule has 5 atom stereocenters. The highest BCUT2D eigenvalue weighted by Crippen LogP contribution is 2.54. The third-order valence-electron chi connectivity index (χ3n) is 5.82. The number of carbonyl (C=O) groups excluding carboxylic acids is 1. The molecule has 2 nitrogen and oxygen atoms in total. The summed E-state index contributed by atoms with van der Waals surface area (Å²) >= 11 is 0. The van der Waals surface area contributed by atoms with Crippen LogP contribution in [0.5, 0.6) is 0 Å². The van der Waals surface area contributed by atoms with E-state index in [0.717, 1.165) is 41.9 Å². The zero-order valence-electron chi connectivity index (χ0n) is 13.7. The second kappa shape index (κ2) is 6.95. The van der Waals surface area contributed by atoms with Crippen molar-refractivity contribution in [3.05, 3.63) is 0 Å². The topological polar surface area (TPSA) is 26.3 Å². The Bertz CT molecular complexity index is 323. The molecule has 20 heavy (non-hydrogen) atoms. The van der Waals surface area contributed by atoms with Crippen molar-refractivity contribution in [2.24, 2.45) is 35.5 Å². The van der Waals surface area contributed by atoms with E-state index in [1.165, 1.54) is 39.0 Å². The molecule has 2 aliphatic carbocycles. The second-order valence-corrected chi connectivity index (χ2v) is 7.62. The predicted octanol–water partition coefficient (Wildman–Crippen LogP) is 4.67. The molecule has 0 aliphatic heterocycles. The zero-order chi connectivity index (χ0) is 14.7. The molecule has 0 amide bonds. The minimum Gasteiger partial charge on any atom is -0.466 e. The van der Waals surface area contributed by atoms with Gasteiger partial charge in [0, 0.05) is 6.92 Å². The summed E-state index contributed by atoms with van der Waals surface area (Å²) in [5.41, 5.74) is 0. The van der Waals surface area contributed by atoms with E-state index in [-0.39, 0.29) is 5.97 Å². The molecule has 116 valence electrons. The van der Waals surface area contributed by atoms with Crippen molar-refractivity contribution < 1.29 is 9.53 Å². The molecule has 2 rings (SSSR count). The van der Waals surface area contributed by atoms with E-state index in [1.807, 2.05) is 0 Å². The summed E-state index contributed by atoms with van der Waals surface area (Å²) < 4.78 is 5.07. The van der Waals surface area contributed by atoms with E-state index in [1.54, 1.807) is 0 Å². The number of ether oxygens (including phenoxy) is 1. The first-order valence-electron chi connectivity index (χ1n) is 8.62. The fourth-order valence-electron chi connectivity index (χ4n) is 5.15. The highest BCUT2D eigenvalue weighted by atomic mass is 16.5. The smallest absolute Gasteiger partial charge is 0.302 e. The van der Waals surface area contributed by atoms with Gasteiger partial charge in [-0.1, -0.05) is 27.2 Å². The molecular formula is C18H32O2. The van der Waals surface area contributed by atoms with Crippen molar-refractivity contribution in [3.8, 4) is 0 Å². The summed E-state index contributed by atoms with van der Waals surface area (Å²) in [6, 6.07) is 0. The van der Waals surface area contributed by atoms with Gasteiger partial charge in [0.2, 0.25) is 0 Å². The number of hydrogen-bond donors (Lipinski definition) is 0. The molecule has 0 saturated heterocycles. The maximum absolute atomic E-state index is 10.8. The van der Waals surface area contributed by atoms with Crippen LogP contribution in [0.3, 0.4) is 0 Å². The lowest BCUT2D eigenvalue weighted by atomic mass is 9.68. The van der Waals surface area contributed by atoms with Crippen molar-refractivity contribution in [2.75, 3.05) is 6.61 Å². The van der Waals surface area contributed by atoms with Gasteiger partial charge in [0.1, 0.15) is 0 Å². The summed E-state index contributed by atoms with van der Waals surface area (Å²) in [5, 5.41) is 0. The highest BCUT2D eigenvalue weighted by molar-refractivity contribution is 5.65. The van der Waals surface area contributed by atoms with Gasteiger partial charge in [-0.15, -0.1) is 0 Å². The van der Waals surface area contributed by atoms with Crippen molar-refractivity contribution >= 4 is 5.97 Å². The Labute approximate surface area is 124 Å². The van der Waals surface area contributed by atoms with Crippen molar-refractivity contribution in [2.45, 2.75) is 66.2 Å². The molecule has 0 N–H and O–H groups in total. The van der Waals surface area contributed by atoms with Crippen LogP contribution >= 0.6 is 0 Å². The lowest BCUT2D eigenvalue weighted by Gasteiger charge is -2.37. The molecule has 2 heteroatoms. The molecule has 0 aromatic carbocycles. The standard InChI is InChI=1S/C18H32O2/c1-12(2)18(13(3)6-5-9-20-14(4)19)17-11-15-7-8-16(17)10-15/h12-13,15-18H,5-11H2,1-4H3. The van der Waals surface area contributed by atoms with Gasteiger partial charge in [-0.25, -0.2) is 0 Å². The Morgan fingerprint density at radius 1 is 1.20 bits per heavy atom. The van der Waals surface area contributed by atoms with E-state index in [2.05, 4.69) is 20.8 Å². The van der Waals surface area contributed by atoms with Crippen molar-refractivity contribution in [1.82, 2.24) is 0 Å². The summed E-state index contributed by atoms with van der Waals surface area (Å²) in [4.78, 5) is 10.8. The first-order valence-corrected chi connectivity index (χ1v) is 8.62. The maximum atomic E-state index is 10.8. The summed E-state index contributed by atoms with van der Waals surface area (Å²) in [5.74, 6) is 5.28. The van der Waals surface area contributed by atoms with Crippen LogP contribution in [0.1, 0.15) is 66.2 Å². The fourth-order valence-corrected chi connectivity index (χ4v) is 5.15. The third kappa shape index (κ3) is 3.77. The van der Waals surface area contributed by atoms with Gasteiger partial charge in [0.15, 0.2) is 0 Å². The summed E-state index contributed by atoms with van der Waals surface area (Å²) in [6.07, 6.45) is 8.19. The molecule has 0 heterocycles. The average molecular weight is 280 g/mol. The van der Waals surface area contributed by atoms with Gasteiger partial charge >= 0.3 is 5.97 Å². The Balaban J connectivity index is 1.83. The number of carbonyl (C=O) groups is 1. The van der Waals surface area contributed by atoms with Crippen LogP contribution in [0.15, 0.2) is 0 Å². The Morgan fingerprint density at radius 2 is 1.95 bits per heavy atom. The van der Waals surface area contributed by atoms with Crippen LogP contribution in [-0.2, 0) is 9.53 Å². The van der Waals surface area contributed by atoms with Crippen molar-refractivity contribution in [3.63, 3.8) is 0 Å². The Morgan fingerprint density at radius 3 is 2.45 bits per heavy atom. The minimum atomic E-state index is -0.147.